The Morgan fingerprint density at radius 3 is 2.47 bits per heavy atom. The molecule has 0 aliphatic carbocycles. The van der Waals surface area contributed by atoms with Gasteiger partial charge < -0.3 is 15.4 Å². The Bertz CT molecular complexity index is 409. The fourth-order valence-corrected chi connectivity index (χ4v) is 2.60. The minimum Gasteiger partial charge on any atom is -0.494 e. The monoisotopic (exact) mass is 262 g/mol. The molecule has 2 rings (SSSR count). The van der Waals surface area contributed by atoms with Crippen molar-refractivity contribution in [1.29, 1.82) is 0 Å². The molecule has 0 radical (unpaired) electrons. The number of benzene rings is 1. The van der Waals surface area contributed by atoms with Gasteiger partial charge in [0, 0.05) is 25.2 Å². The minimum atomic E-state index is -0.181. The van der Waals surface area contributed by atoms with Gasteiger partial charge in [-0.1, -0.05) is 0 Å². The number of ether oxygens (including phenoxy) is 1. The molecule has 104 valence electrons. The van der Waals surface area contributed by atoms with Crippen molar-refractivity contribution in [2.24, 2.45) is 11.7 Å². The summed E-state index contributed by atoms with van der Waals surface area (Å²) < 4.78 is 5.44. The van der Waals surface area contributed by atoms with Crippen LogP contribution in [0.15, 0.2) is 24.3 Å². The van der Waals surface area contributed by atoms with E-state index < -0.39 is 0 Å². The van der Waals surface area contributed by atoms with Crippen LogP contribution in [0.1, 0.15) is 26.2 Å². The second-order valence-electron chi connectivity index (χ2n) is 5.03. The third-order valence-corrected chi connectivity index (χ3v) is 3.62. The lowest BCUT2D eigenvalue weighted by atomic mass is 9.93. The van der Waals surface area contributed by atoms with Crippen LogP contribution >= 0.6 is 0 Å². The van der Waals surface area contributed by atoms with Crippen LogP contribution in [-0.2, 0) is 4.79 Å². The molecule has 0 spiro atoms. The number of nitrogens with two attached hydrogens (primary N) is 1. The number of rotatable bonds is 5. The first-order valence-corrected chi connectivity index (χ1v) is 6.95. The predicted molar refractivity (Wildman–Crippen MR) is 76.4 cm³/mol. The molecule has 1 saturated heterocycles. The molecule has 4 heteroatoms. The SMILES string of the molecule is CCOc1ccc(N2CCC(CC(N)=O)CC2)cc1. The summed E-state index contributed by atoms with van der Waals surface area (Å²) in [5.41, 5.74) is 6.47. The van der Waals surface area contributed by atoms with Crippen LogP contribution in [0.3, 0.4) is 0 Å². The Hall–Kier alpha value is -1.71. The van der Waals surface area contributed by atoms with Crippen LogP contribution in [0.2, 0.25) is 0 Å². The molecule has 0 aromatic heterocycles. The summed E-state index contributed by atoms with van der Waals surface area (Å²) in [4.78, 5) is 13.3. The molecule has 1 aromatic rings. The molecule has 1 fully saturated rings. The Morgan fingerprint density at radius 1 is 1.32 bits per heavy atom. The first-order chi connectivity index (χ1) is 9.19. The molecule has 0 unspecified atom stereocenters. The minimum absolute atomic E-state index is 0.181. The van der Waals surface area contributed by atoms with Crippen LogP contribution in [0.25, 0.3) is 0 Å². The Morgan fingerprint density at radius 2 is 1.95 bits per heavy atom. The molecular formula is C15H22N2O2. The van der Waals surface area contributed by atoms with Crippen molar-refractivity contribution >= 4 is 11.6 Å². The maximum atomic E-state index is 10.9. The summed E-state index contributed by atoms with van der Waals surface area (Å²) >= 11 is 0. The van der Waals surface area contributed by atoms with Crippen molar-refractivity contribution in [1.82, 2.24) is 0 Å². The van der Waals surface area contributed by atoms with E-state index >= 15 is 0 Å². The van der Waals surface area contributed by atoms with Crippen molar-refractivity contribution in [2.75, 3.05) is 24.6 Å². The average Bonchev–Trinajstić information content (AvgIpc) is 2.40. The quantitative estimate of drug-likeness (QED) is 0.885. The van der Waals surface area contributed by atoms with Gasteiger partial charge in [0.05, 0.1) is 6.61 Å². The summed E-state index contributed by atoms with van der Waals surface area (Å²) in [7, 11) is 0. The summed E-state index contributed by atoms with van der Waals surface area (Å²) in [5, 5.41) is 0. The van der Waals surface area contributed by atoms with E-state index in [0.29, 0.717) is 18.9 Å². The van der Waals surface area contributed by atoms with Crippen LogP contribution < -0.4 is 15.4 Å². The van der Waals surface area contributed by atoms with E-state index in [0.717, 1.165) is 31.7 Å². The standard InChI is InChI=1S/C15H22N2O2/c1-2-19-14-5-3-13(4-6-14)17-9-7-12(8-10-17)11-15(16)18/h3-6,12H,2,7-11H2,1H3,(H2,16,18). The normalized spacial score (nSPS) is 16.4. The van der Waals surface area contributed by atoms with E-state index in [-0.39, 0.29) is 5.91 Å². The number of primary amides is 1. The first kappa shape index (κ1) is 13.7. The van der Waals surface area contributed by atoms with Crippen molar-refractivity contribution in [2.45, 2.75) is 26.2 Å². The van der Waals surface area contributed by atoms with E-state index in [4.69, 9.17) is 10.5 Å². The zero-order valence-corrected chi connectivity index (χ0v) is 11.5. The van der Waals surface area contributed by atoms with Gasteiger partial charge >= 0.3 is 0 Å². The van der Waals surface area contributed by atoms with Crippen LogP contribution in [0, 0.1) is 5.92 Å². The highest BCUT2D eigenvalue weighted by molar-refractivity contribution is 5.74. The number of carbonyl (C=O) groups is 1. The van der Waals surface area contributed by atoms with E-state index in [2.05, 4.69) is 17.0 Å². The van der Waals surface area contributed by atoms with Crippen molar-refractivity contribution < 1.29 is 9.53 Å². The van der Waals surface area contributed by atoms with Crippen LogP contribution in [0.4, 0.5) is 5.69 Å². The Balaban J connectivity index is 1.88. The van der Waals surface area contributed by atoms with Gasteiger partial charge in [0.15, 0.2) is 0 Å². The molecule has 4 nitrogen and oxygen atoms in total. The summed E-state index contributed by atoms with van der Waals surface area (Å²) in [6.45, 7) is 4.66. The number of carbonyl (C=O) groups excluding carboxylic acids is 1. The largest absolute Gasteiger partial charge is 0.494 e. The highest BCUT2D eigenvalue weighted by atomic mass is 16.5. The van der Waals surface area contributed by atoms with Crippen LogP contribution in [-0.4, -0.2) is 25.6 Å². The number of hydrogen-bond donors (Lipinski definition) is 1. The fourth-order valence-electron chi connectivity index (χ4n) is 2.60. The highest BCUT2D eigenvalue weighted by Crippen LogP contribution is 2.26. The van der Waals surface area contributed by atoms with Crippen molar-refractivity contribution in [3.63, 3.8) is 0 Å². The first-order valence-electron chi connectivity index (χ1n) is 6.95. The second kappa shape index (κ2) is 6.45. The average molecular weight is 262 g/mol. The molecule has 19 heavy (non-hydrogen) atoms. The third-order valence-electron chi connectivity index (χ3n) is 3.62. The molecule has 1 aromatic carbocycles. The summed E-state index contributed by atoms with van der Waals surface area (Å²) in [6.07, 6.45) is 2.60. The van der Waals surface area contributed by atoms with E-state index in [1.807, 2.05) is 19.1 Å². The van der Waals surface area contributed by atoms with Gasteiger partial charge in [0.2, 0.25) is 5.91 Å². The zero-order valence-electron chi connectivity index (χ0n) is 11.5. The number of nitrogens with zero attached hydrogens (tertiary/aromatic N) is 1. The smallest absolute Gasteiger partial charge is 0.217 e. The van der Waals surface area contributed by atoms with E-state index in [1.165, 1.54) is 5.69 Å². The second-order valence-corrected chi connectivity index (χ2v) is 5.03. The van der Waals surface area contributed by atoms with Crippen LogP contribution in [0.5, 0.6) is 5.75 Å². The van der Waals surface area contributed by atoms with Gasteiger partial charge in [-0.15, -0.1) is 0 Å². The predicted octanol–water partition coefficient (Wildman–Crippen LogP) is 2.18. The fraction of sp³-hybridized carbons (Fsp3) is 0.533. The maximum absolute atomic E-state index is 10.9. The maximum Gasteiger partial charge on any atom is 0.217 e. The van der Waals surface area contributed by atoms with Gasteiger partial charge in [0.25, 0.3) is 0 Å². The van der Waals surface area contributed by atoms with Crippen molar-refractivity contribution in [3.8, 4) is 5.75 Å². The zero-order chi connectivity index (χ0) is 13.7. The Kier molecular flexibility index (Phi) is 4.66. The summed E-state index contributed by atoms with van der Waals surface area (Å²) in [5.74, 6) is 1.19. The number of hydrogen-bond acceptors (Lipinski definition) is 3. The lowest BCUT2D eigenvalue weighted by Gasteiger charge is -2.33. The van der Waals surface area contributed by atoms with Gasteiger partial charge in [-0.25, -0.2) is 0 Å². The number of anilines is 1. The highest BCUT2D eigenvalue weighted by Gasteiger charge is 2.20. The topological polar surface area (TPSA) is 55.6 Å². The molecule has 2 N–H and O–H groups in total. The molecule has 0 saturated carbocycles. The van der Waals surface area contributed by atoms with Gasteiger partial charge in [-0.2, -0.15) is 0 Å². The van der Waals surface area contributed by atoms with Crippen molar-refractivity contribution in [3.05, 3.63) is 24.3 Å². The van der Waals surface area contributed by atoms with Gasteiger partial charge in [-0.3, -0.25) is 4.79 Å². The molecule has 1 amide bonds. The van der Waals surface area contributed by atoms with E-state index in [1.54, 1.807) is 0 Å². The molecular weight excluding hydrogens is 240 g/mol. The number of piperidine rings is 1. The lowest BCUT2D eigenvalue weighted by Crippen LogP contribution is -2.35. The lowest BCUT2D eigenvalue weighted by molar-refractivity contribution is -0.119. The molecule has 0 atom stereocenters. The molecule has 1 aliphatic rings. The third kappa shape index (κ3) is 3.88. The summed E-state index contributed by atoms with van der Waals surface area (Å²) in [6, 6.07) is 8.21. The molecule has 1 heterocycles. The van der Waals surface area contributed by atoms with Gasteiger partial charge in [0.1, 0.15) is 5.75 Å². The molecule has 1 aliphatic heterocycles. The number of amides is 1. The van der Waals surface area contributed by atoms with Gasteiger partial charge in [-0.05, 0) is 49.9 Å². The Labute approximate surface area is 114 Å². The van der Waals surface area contributed by atoms with E-state index in [9.17, 15) is 4.79 Å². The molecule has 0 bridgehead atoms.